The highest BCUT2D eigenvalue weighted by Gasteiger charge is 2.36. The van der Waals surface area contributed by atoms with E-state index in [9.17, 15) is 0 Å². The van der Waals surface area contributed by atoms with Gasteiger partial charge in [-0.2, -0.15) is 0 Å². The van der Waals surface area contributed by atoms with Crippen molar-refractivity contribution in [2.24, 2.45) is 27.7 Å². The van der Waals surface area contributed by atoms with E-state index in [0.717, 1.165) is 12.6 Å². The quantitative estimate of drug-likeness (QED) is 0.220. The second kappa shape index (κ2) is 13.6. The average Bonchev–Trinajstić information content (AvgIpc) is 3.23. The molecule has 1 aromatic rings. The lowest BCUT2D eigenvalue weighted by atomic mass is 9.75. The van der Waals surface area contributed by atoms with E-state index < -0.39 is 0 Å². The van der Waals surface area contributed by atoms with Gasteiger partial charge in [-0.15, -0.1) is 0 Å². The van der Waals surface area contributed by atoms with Gasteiger partial charge < -0.3 is 0 Å². The maximum Gasteiger partial charge on any atom is 0.244 e. The highest BCUT2D eigenvalue weighted by atomic mass is 15.0. The van der Waals surface area contributed by atoms with Gasteiger partial charge >= 0.3 is 0 Å². The van der Waals surface area contributed by atoms with E-state index in [4.69, 9.17) is 0 Å². The number of unbranched alkanes of at least 4 members (excludes halogenated alkanes) is 8. The van der Waals surface area contributed by atoms with Crippen LogP contribution < -0.4 is 0 Å². The Morgan fingerprint density at radius 1 is 0.786 bits per heavy atom. The molecule has 0 amide bonds. The number of hydrogen-bond acceptors (Lipinski definition) is 2. The predicted molar refractivity (Wildman–Crippen MR) is 124 cm³/mol. The van der Waals surface area contributed by atoms with Crippen LogP contribution in [0.5, 0.6) is 0 Å². The summed E-state index contributed by atoms with van der Waals surface area (Å²) < 4.78 is 0. The Morgan fingerprint density at radius 3 is 1.93 bits per heavy atom. The molecule has 1 aromatic carbocycles. The first-order valence-electron chi connectivity index (χ1n) is 11.7. The van der Waals surface area contributed by atoms with E-state index in [1.54, 1.807) is 0 Å². The third-order valence-corrected chi connectivity index (χ3v) is 6.12. The van der Waals surface area contributed by atoms with E-state index in [2.05, 4.69) is 61.1 Å². The van der Waals surface area contributed by atoms with Crippen LogP contribution in [0.15, 0.2) is 40.3 Å². The molecule has 28 heavy (non-hydrogen) atoms. The maximum atomic E-state index is 4.61. The van der Waals surface area contributed by atoms with Gasteiger partial charge in [-0.1, -0.05) is 119 Å². The molecule has 2 heteroatoms. The second-order valence-electron chi connectivity index (χ2n) is 8.74. The second-order valence-corrected chi connectivity index (χ2v) is 8.74. The SMILES string of the molecule is CCCCCCCCCCCC([C+]1N=CC=N1)C(Cc1ccccc1)C(C)C. The van der Waals surface area contributed by atoms with Crippen LogP contribution in [0.25, 0.3) is 0 Å². The first-order chi connectivity index (χ1) is 13.7. The van der Waals surface area contributed by atoms with Crippen LogP contribution in [0.1, 0.15) is 90.5 Å². The van der Waals surface area contributed by atoms with Crippen molar-refractivity contribution in [3.8, 4) is 0 Å². The molecule has 0 spiro atoms. The van der Waals surface area contributed by atoms with Gasteiger partial charge in [0.1, 0.15) is 0 Å². The molecule has 154 valence electrons. The highest BCUT2D eigenvalue weighted by Crippen LogP contribution is 2.37. The van der Waals surface area contributed by atoms with E-state index in [1.807, 2.05) is 12.4 Å². The Hall–Kier alpha value is -1.57. The van der Waals surface area contributed by atoms with Crippen molar-refractivity contribution < 1.29 is 0 Å². The van der Waals surface area contributed by atoms with E-state index in [1.165, 1.54) is 69.8 Å². The summed E-state index contributed by atoms with van der Waals surface area (Å²) in [5, 5.41) is 0. The molecule has 2 atom stereocenters. The summed E-state index contributed by atoms with van der Waals surface area (Å²) in [5.74, 6) is 1.70. The van der Waals surface area contributed by atoms with Crippen molar-refractivity contribution in [1.29, 1.82) is 0 Å². The maximum absolute atomic E-state index is 4.61. The third-order valence-electron chi connectivity index (χ3n) is 6.12. The summed E-state index contributed by atoms with van der Waals surface area (Å²) in [6.07, 6.45) is 19.5. The molecule has 1 aliphatic rings. The van der Waals surface area contributed by atoms with Crippen LogP contribution in [0.4, 0.5) is 0 Å². The Labute approximate surface area is 174 Å². The van der Waals surface area contributed by atoms with Crippen LogP contribution in [0.2, 0.25) is 0 Å². The molecule has 0 radical (unpaired) electrons. The van der Waals surface area contributed by atoms with Crippen LogP contribution >= 0.6 is 0 Å². The Morgan fingerprint density at radius 2 is 1.36 bits per heavy atom. The van der Waals surface area contributed by atoms with Crippen molar-refractivity contribution in [3.05, 3.63) is 42.1 Å². The number of benzene rings is 1. The lowest BCUT2D eigenvalue weighted by Crippen LogP contribution is -2.26. The molecular weight excluding hydrogens is 340 g/mol. The molecule has 1 heterocycles. The minimum atomic E-state index is 0.472. The number of rotatable bonds is 15. The molecule has 0 saturated heterocycles. The third kappa shape index (κ3) is 8.20. The first kappa shape index (κ1) is 22.7. The largest absolute Gasteiger partial charge is 0.244 e. The molecule has 0 aliphatic carbocycles. The highest BCUT2D eigenvalue weighted by molar-refractivity contribution is 6.18. The van der Waals surface area contributed by atoms with Gasteiger partial charge in [0.25, 0.3) is 0 Å². The van der Waals surface area contributed by atoms with Gasteiger partial charge in [-0.3, -0.25) is 0 Å². The van der Waals surface area contributed by atoms with E-state index in [0.29, 0.717) is 17.8 Å². The van der Waals surface area contributed by atoms with Gasteiger partial charge in [-0.05, 0) is 30.2 Å². The smallest absolute Gasteiger partial charge is 0.0965 e. The van der Waals surface area contributed by atoms with E-state index >= 15 is 0 Å². The van der Waals surface area contributed by atoms with Gasteiger partial charge in [-0.25, -0.2) is 0 Å². The average molecular weight is 382 g/mol. The van der Waals surface area contributed by atoms with E-state index in [-0.39, 0.29) is 0 Å². The molecule has 2 rings (SSSR count). The normalized spacial score (nSPS) is 15.5. The van der Waals surface area contributed by atoms with Gasteiger partial charge in [0, 0.05) is 0 Å². The lowest BCUT2D eigenvalue weighted by molar-refractivity contribution is 0.240. The van der Waals surface area contributed by atoms with Crippen molar-refractivity contribution in [1.82, 2.24) is 0 Å². The summed E-state index contributed by atoms with van der Waals surface area (Å²) in [6, 6.07) is 10.9. The summed E-state index contributed by atoms with van der Waals surface area (Å²) in [6.45, 7) is 7.01. The predicted octanol–water partition coefficient (Wildman–Crippen LogP) is 7.68. The topological polar surface area (TPSA) is 24.7 Å². The van der Waals surface area contributed by atoms with Gasteiger partial charge in [0.15, 0.2) is 12.4 Å². The Balaban J connectivity index is 1.83. The number of nitrogens with zero attached hydrogens (tertiary/aromatic N) is 2. The van der Waals surface area contributed by atoms with Gasteiger partial charge in [0.2, 0.25) is 6.17 Å². The first-order valence-corrected chi connectivity index (χ1v) is 11.7. The van der Waals surface area contributed by atoms with Crippen molar-refractivity contribution in [3.63, 3.8) is 0 Å². The molecule has 0 bridgehead atoms. The molecule has 0 aromatic heterocycles. The fraction of sp³-hybridized carbons (Fsp3) is 0.654. The summed E-state index contributed by atoms with van der Waals surface area (Å²) in [5.41, 5.74) is 1.44. The summed E-state index contributed by atoms with van der Waals surface area (Å²) in [4.78, 5) is 9.21. The van der Waals surface area contributed by atoms with Crippen molar-refractivity contribution >= 4 is 12.4 Å². The molecule has 0 saturated carbocycles. The Kier molecular flexibility index (Phi) is 11.0. The molecule has 0 fully saturated rings. The number of aliphatic imine (C=N–C) groups is 2. The lowest BCUT2D eigenvalue weighted by Gasteiger charge is -2.29. The fourth-order valence-corrected chi connectivity index (χ4v) is 4.38. The zero-order chi connectivity index (χ0) is 20.0. The molecule has 1 aliphatic heterocycles. The zero-order valence-corrected chi connectivity index (χ0v) is 18.4. The summed E-state index contributed by atoms with van der Waals surface area (Å²) >= 11 is 0. The molecule has 2 nitrogen and oxygen atoms in total. The standard InChI is InChI=1S/C26H41N2/c1-4-5-6-7-8-9-10-11-15-18-24(26-27-19-20-28-26)25(22(2)3)21-23-16-13-12-14-17-23/h12-14,16-17,19-20,22,24-25H,4-11,15,18,21H2,1-3H3/q+1. The minimum absolute atomic E-state index is 0.472. The van der Waals surface area contributed by atoms with Crippen molar-refractivity contribution in [2.75, 3.05) is 0 Å². The minimum Gasteiger partial charge on any atom is -0.0965 e. The van der Waals surface area contributed by atoms with Crippen LogP contribution in [0, 0.1) is 23.9 Å². The van der Waals surface area contributed by atoms with Crippen LogP contribution in [0.3, 0.4) is 0 Å². The van der Waals surface area contributed by atoms with Crippen LogP contribution in [-0.2, 0) is 6.42 Å². The van der Waals surface area contributed by atoms with Crippen LogP contribution in [-0.4, -0.2) is 12.4 Å². The summed E-state index contributed by atoms with van der Waals surface area (Å²) in [7, 11) is 0. The fourth-order valence-electron chi connectivity index (χ4n) is 4.38. The Bertz CT molecular complexity index is 549. The molecular formula is C26H41N2+. The van der Waals surface area contributed by atoms with Gasteiger partial charge in [0.05, 0.1) is 5.92 Å². The molecule has 0 N–H and O–H groups in total. The zero-order valence-electron chi connectivity index (χ0n) is 18.4. The molecule has 2 unspecified atom stereocenters. The number of hydrogen-bond donors (Lipinski definition) is 0. The van der Waals surface area contributed by atoms with Crippen molar-refractivity contribution in [2.45, 2.75) is 91.4 Å². The monoisotopic (exact) mass is 381 g/mol.